The molecule has 1 saturated heterocycles. The normalized spacial score (nSPS) is 18.4. The second kappa shape index (κ2) is 6.17. The van der Waals surface area contributed by atoms with Gasteiger partial charge in [-0.1, -0.05) is 0 Å². The molecular weight excluding hydrogens is 334 g/mol. The number of pyridine rings is 1. The maximum absolute atomic E-state index is 12.2. The van der Waals surface area contributed by atoms with Crippen molar-refractivity contribution in [1.82, 2.24) is 9.29 Å². The molecule has 0 aromatic carbocycles. The van der Waals surface area contributed by atoms with Crippen LogP contribution in [0.1, 0.15) is 12.8 Å². The fourth-order valence-electron chi connectivity index (χ4n) is 1.98. The average molecular weight is 350 g/mol. The number of hydrogen-bond acceptors (Lipinski definition) is 4. The van der Waals surface area contributed by atoms with E-state index in [9.17, 15) is 8.42 Å². The molecule has 1 aromatic rings. The number of halogens is 1. The molecule has 8 heteroatoms. The Hall–Kier alpha value is -0.700. The molecule has 106 valence electrons. The van der Waals surface area contributed by atoms with Gasteiger partial charge in [0.15, 0.2) is 5.82 Å². The summed E-state index contributed by atoms with van der Waals surface area (Å²) in [6.45, 7) is 0.961. The molecule has 0 spiro atoms. The number of nitrogens with one attached hydrogen (secondary N) is 1. The zero-order valence-electron chi connectivity index (χ0n) is 10.3. The van der Waals surface area contributed by atoms with E-state index in [1.54, 1.807) is 12.1 Å². The lowest BCUT2D eigenvalue weighted by Crippen LogP contribution is -2.42. The van der Waals surface area contributed by atoms with Crippen molar-refractivity contribution >= 4 is 32.0 Å². The van der Waals surface area contributed by atoms with Gasteiger partial charge in [-0.05, 0) is 46.8 Å². The number of rotatable bonds is 4. The molecule has 19 heavy (non-hydrogen) atoms. The molecule has 0 radical (unpaired) electrons. The highest BCUT2D eigenvalue weighted by atomic mass is 79.9. The summed E-state index contributed by atoms with van der Waals surface area (Å²) in [4.78, 5) is 3.99. The fraction of sp³-hybridized carbons (Fsp3) is 0.545. The molecule has 0 aliphatic carbocycles. The van der Waals surface area contributed by atoms with E-state index in [2.05, 4.69) is 25.6 Å². The van der Waals surface area contributed by atoms with Crippen LogP contribution in [0.4, 0.5) is 5.82 Å². The smallest absolute Gasteiger partial charge is 0.302 e. The number of piperidine rings is 1. The lowest BCUT2D eigenvalue weighted by molar-refractivity contribution is 0.170. The van der Waals surface area contributed by atoms with Gasteiger partial charge >= 0.3 is 10.2 Å². The number of nitrogens with zero attached hydrogens (tertiary/aromatic N) is 2. The van der Waals surface area contributed by atoms with Gasteiger partial charge in [0, 0.05) is 25.9 Å². The van der Waals surface area contributed by atoms with Crippen molar-refractivity contribution in [3.8, 4) is 0 Å². The van der Waals surface area contributed by atoms with Gasteiger partial charge < -0.3 is 5.11 Å². The van der Waals surface area contributed by atoms with Crippen molar-refractivity contribution in [3.63, 3.8) is 0 Å². The topological polar surface area (TPSA) is 82.5 Å². The Bertz CT molecular complexity index is 530. The van der Waals surface area contributed by atoms with Crippen LogP contribution in [-0.4, -0.2) is 42.5 Å². The summed E-state index contributed by atoms with van der Waals surface area (Å²) < 4.78 is 28.8. The van der Waals surface area contributed by atoms with E-state index in [0.29, 0.717) is 30.4 Å². The molecule has 2 N–H and O–H groups in total. The number of aromatic nitrogens is 1. The third kappa shape index (κ3) is 3.65. The van der Waals surface area contributed by atoms with E-state index in [1.165, 1.54) is 10.5 Å². The van der Waals surface area contributed by atoms with Crippen LogP contribution in [0.15, 0.2) is 22.8 Å². The van der Waals surface area contributed by atoms with E-state index in [1.807, 2.05) is 0 Å². The van der Waals surface area contributed by atoms with Crippen LogP contribution in [0.5, 0.6) is 0 Å². The predicted octanol–water partition coefficient (Wildman–Crippen LogP) is 1.21. The van der Waals surface area contributed by atoms with Crippen LogP contribution in [0, 0.1) is 5.92 Å². The van der Waals surface area contributed by atoms with E-state index in [0.717, 1.165) is 0 Å². The van der Waals surface area contributed by atoms with E-state index in [-0.39, 0.29) is 18.3 Å². The Morgan fingerprint density at radius 2 is 2.16 bits per heavy atom. The zero-order valence-corrected chi connectivity index (χ0v) is 12.7. The van der Waals surface area contributed by atoms with E-state index >= 15 is 0 Å². The number of aliphatic hydroxyl groups excluding tert-OH is 1. The molecule has 1 aliphatic rings. The van der Waals surface area contributed by atoms with E-state index < -0.39 is 10.2 Å². The number of aliphatic hydroxyl groups is 1. The van der Waals surface area contributed by atoms with Crippen molar-refractivity contribution < 1.29 is 13.5 Å². The summed E-state index contributed by atoms with van der Waals surface area (Å²) in [7, 11) is -3.58. The lowest BCUT2D eigenvalue weighted by atomic mass is 10.00. The molecule has 1 fully saturated rings. The predicted molar refractivity (Wildman–Crippen MR) is 75.9 cm³/mol. The van der Waals surface area contributed by atoms with Gasteiger partial charge in [0.25, 0.3) is 0 Å². The first-order chi connectivity index (χ1) is 9.03. The SMILES string of the molecule is O=S(=O)(Nc1ncccc1Br)N1CCC(CO)CC1. The minimum Gasteiger partial charge on any atom is -0.396 e. The second-order valence-electron chi connectivity index (χ2n) is 4.47. The van der Waals surface area contributed by atoms with Gasteiger partial charge in [0.05, 0.1) is 4.47 Å². The van der Waals surface area contributed by atoms with Gasteiger partial charge in [-0.15, -0.1) is 0 Å². The average Bonchev–Trinajstić information content (AvgIpc) is 2.41. The molecule has 0 unspecified atom stereocenters. The highest BCUT2D eigenvalue weighted by Crippen LogP contribution is 2.23. The van der Waals surface area contributed by atoms with Crippen LogP contribution in [0.25, 0.3) is 0 Å². The van der Waals surface area contributed by atoms with Crippen LogP contribution in [0.2, 0.25) is 0 Å². The lowest BCUT2D eigenvalue weighted by Gasteiger charge is -2.30. The minimum atomic E-state index is -3.58. The Morgan fingerprint density at radius 3 is 2.74 bits per heavy atom. The summed E-state index contributed by atoms with van der Waals surface area (Å²) in [6.07, 6.45) is 2.89. The first-order valence-electron chi connectivity index (χ1n) is 6.02. The summed E-state index contributed by atoms with van der Waals surface area (Å²) in [5.41, 5.74) is 0. The molecule has 0 saturated carbocycles. The Morgan fingerprint density at radius 1 is 1.47 bits per heavy atom. The Labute approximate surface area is 121 Å². The molecule has 0 amide bonds. The first-order valence-corrected chi connectivity index (χ1v) is 8.25. The molecule has 6 nitrogen and oxygen atoms in total. The van der Waals surface area contributed by atoms with Crippen molar-refractivity contribution in [1.29, 1.82) is 0 Å². The maximum atomic E-state index is 12.2. The molecule has 0 atom stereocenters. The molecule has 1 aromatic heterocycles. The quantitative estimate of drug-likeness (QED) is 0.855. The molecule has 1 aliphatic heterocycles. The van der Waals surface area contributed by atoms with Gasteiger partial charge in [-0.2, -0.15) is 12.7 Å². The molecule has 2 heterocycles. The van der Waals surface area contributed by atoms with Crippen LogP contribution in [0.3, 0.4) is 0 Å². The van der Waals surface area contributed by atoms with Crippen molar-refractivity contribution in [2.45, 2.75) is 12.8 Å². The second-order valence-corrected chi connectivity index (χ2v) is 6.99. The van der Waals surface area contributed by atoms with Crippen LogP contribution >= 0.6 is 15.9 Å². The van der Waals surface area contributed by atoms with Crippen molar-refractivity contribution in [3.05, 3.63) is 22.8 Å². The molecule has 0 bridgehead atoms. The molecule has 2 rings (SSSR count). The van der Waals surface area contributed by atoms with Crippen LogP contribution < -0.4 is 4.72 Å². The van der Waals surface area contributed by atoms with Gasteiger partial charge in [0.2, 0.25) is 0 Å². The third-order valence-corrected chi connectivity index (χ3v) is 5.29. The Kier molecular flexibility index (Phi) is 4.77. The summed E-state index contributed by atoms with van der Waals surface area (Å²) in [5.74, 6) is 0.486. The number of hydrogen-bond donors (Lipinski definition) is 2. The summed E-state index contributed by atoms with van der Waals surface area (Å²) >= 11 is 3.25. The van der Waals surface area contributed by atoms with Gasteiger partial charge in [0.1, 0.15) is 0 Å². The summed E-state index contributed by atoms with van der Waals surface area (Å²) in [5, 5.41) is 9.05. The summed E-state index contributed by atoms with van der Waals surface area (Å²) in [6, 6.07) is 3.44. The standard InChI is InChI=1S/C11H16BrN3O3S/c12-10-2-1-5-13-11(10)14-19(17,18)15-6-3-9(8-16)4-7-15/h1-2,5,9,16H,3-4,6-8H2,(H,13,14). The third-order valence-electron chi connectivity index (χ3n) is 3.16. The van der Waals surface area contributed by atoms with E-state index in [4.69, 9.17) is 5.11 Å². The number of anilines is 1. The van der Waals surface area contributed by atoms with Gasteiger partial charge in [-0.25, -0.2) is 4.98 Å². The minimum absolute atomic E-state index is 0.118. The first kappa shape index (κ1) is 14.7. The fourth-order valence-corrected chi connectivity index (χ4v) is 3.69. The highest BCUT2D eigenvalue weighted by Gasteiger charge is 2.28. The van der Waals surface area contributed by atoms with Crippen molar-refractivity contribution in [2.75, 3.05) is 24.4 Å². The Balaban J connectivity index is 2.05. The maximum Gasteiger partial charge on any atom is 0.302 e. The zero-order chi connectivity index (χ0) is 13.9. The monoisotopic (exact) mass is 349 g/mol. The van der Waals surface area contributed by atoms with Crippen LogP contribution in [-0.2, 0) is 10.2 Å². The van der Waals surface area contributed by atoms with Gasteiger partial charge in [-0.3, -0.25) is 4.72 Å². The molecular formula is C11H16BrN3O3S. The largest absolute Gasteiger partial charge is 0.396 e. The van der Waals surface area contributed by atoms with Crippen molar-refractivity contribution in [2.24, 2.45) is 5.92 Å². The highest BCUT2D eigenvalue weighted by molar-refractivity contribution is 9.10.